The van der Waals surface area contributed by atoms with E-state index in [0.29, 0.717) is 76.0 Å². The number of benzene rings is 1. The highest BCUT2D eigenvalue weighted by Gasteiger charge is 2.25. The third kappa shape index (κ3) is 8.99. The highest BCUT2D eigenvalue weighted by molar-refractivity contribution is 5.97. The number of piperidine rings is 1. The number of rotatable bonds is 12. The van der Waals surface area contributed by atoms with Gasteiger partial charge in [-0.1, -0.05) is 6.07 Å². The number of carbonyl (C=O) groups is 3. The van der Waals surface area contributed by atoms with Gasteiger partial charge in [0, 0.05) is 90.8 Å². The van der Waals surface area contributed by atoms with E-state index in [1.807, 2.05) is 34.9 Å². The molecule has 5 heterocycles. The molecule has 13 heteroatoms. The summed E-state index contributed by atoms with van der Waals surface area (Å²) in [5.74, 6) is 2.95. The first kappa shape index (κ1) is 35.3. The summed E-state index contributed by atoms with van der Waals surface area (Å²) in [5, 5.41) is 14.5. The van der Waals surface area contributed by atoms with Crippen molar-refractivity contribution in [3.8, 4) is 5.75 Å². The van der Waals surface area contributed by atoms with Crippen molar-refractivity contribution in [1.29, 1.82) is 0 Å². The van der Waals surface area contributed by atoms with E-state index in [1.54, 1.807) is 13.8 Å². The molecule has 0 radical (unpaired) electrons. The number of piperazine rings is 1. The highest BCUT2D eigenvalue weighted by atomic mass is 16.5. The van der Waals surface area contributed by atoms with Crippen molar-refractivity contribution in [2.75, 3.05) is 62.6 Å². The van der Waals surface area contributed by atoms with E-state index in [2.05, 4.69) is 32.2 Å². The van der Waals surface area contributed by atoms with Crippen molar-refractivity contribution in [2.24, 2.45) is 0 Å². The summed E-state index contributed by atoms with van der Waals surface area (Å²) in [4.78, 5) is 54.3. The molecule has 2 saturated heterocycles. The Bertz CT molecular complexity index is 1660. The highest BCUT2D eigenvalue weighted by Crippen LogP contribution is 2.27. The summed E-state index contributed by atoms with van der Waals surface area (Å²) in [6.07, 6.45) is 3.82. The fourth-order valence-electron chi connectivity index (χ4n) is 6.99. The Kier molecular flexibility index (Phi) is 11.3. The van der Waals surface area contributed by atoms with Gasteiger partial charge in [0.15, 0.2) is 17.9 Å². The Morgan fingerprint density at radius 1 is 0.980 bits per heavy atom. The number of aryl methyl sites for hydroxylation is 1. The number of aliphatic hydroxyl groups is 1. The van der Waals surface area contributed by atoms with Crippen LogP contribution in [-0.2, 0) is 29.2 Å². The Labute approximate surface area is 293 Å². The minimum Gasteiger partial charge on any atom is -0.486 e. The van der Waals surface area contributed by atoms with Gasteiger partial charge in [-0.2, -0.15) is 0 Å². The van der Waals surface area contributed by atoms with Crippen LogP contribution in [0.1, 0.15) is 72.5 Å². The van der Waals surface area contributed by atoms with Gasteiger partial charge in [-0.05, 0) is 68.0 Å². The molecule has 0 saturated carbocycles. The normalized spacial score (nSPS) is 17.7. The molecule has 13 nitrogen and oxygen atoms in total. The number of aliphatic hydroxyl groups excluding tert-OH is 1. The Morgan fingerprint density at radius 2 is 1.72 bits per heavy atom. The second kappa shape index (κ2) is 16.0. The number of anilines is 2. The molecule has 0 spiro atoms. The van der Waals surface area contributed by atoms with E-state index in [-0.39, 0.29) is 30.1 Å². The maximum Gasteiger partial charge on any atom is 0.219 e. The number of amides is 2. The molecule has 268 valence electrons. The summed E-state index contributed by atoms with van der Waals surface area (Å²) >= 11 is 0. The van der Waals surface area contributed by atoms with Crippen molar-refractivity contribution >= 4 is 29.2 Å². The van der Waals surface area contributed by atoms with Crippen molar-refractivity contribution in [3.63, 3.8) is 0 Å². The summed E-state index contributed by atoms with van der Waals surface area (Å²) in [5.41, 5.74) is 3.83. The minimum absolute atomic E-state index is 0.0402. The fraction of sp³-hybridized carbons (Fsp3) is 0.541. The number of hydrogen-bond donors (Lipinski definition) is 2. The maximum atomic E-state index is 13.6. The van der Waals surface area contributed by atoms with Crippen LogP contribution in [0.25, 0.3) is 0 Å². The predicted molar refractivity (Wildman–Crippen MR) is 188 cm³/mol. The van der Waals surface area contributed by atoms with E-state index < -0.39 is 6.10 Å². The number of ketones is 1. The first-order valence-electron chi connectivity index (χ1n) is 17.7. The number of β-amino-alcohol motifs (C(OH)–C–C–N with tert-alkyl or cyclic N) is 1. The lowest BCUT2D eigenvalue weighted by molar-refractivity contribution is -0.130. The number of fused-ring (bicyclic) bond motifs is 1. The van der Waals surface area contributed by atoms with Crippen LogP contribution >= 0.6 is 0 Å². The monoisotopic (exact) mass is 687 g/mol. The number of carbonyl (C=O) groups excluding carboxylic acids is 3. The van der Waals surface area contributed by atoms with Gasteiger partial charge in [-0.25, -0.2) is 9.97 Å². The van der Waals surface area contributed by atoms with Crippen LogP contribution in [0.3, 0.4) is 0 Å². The van der Waals surface area contributed by atoms with E-state index >= 15 is 0 Å². The van der Waals surface area contributed by atoms with Gasteiger partial charge in [0.25, 0.3) is 0 Å². The first-order valence-corrected chi connectivity index (χ1v) is 17.7. The lowest BCUT2D eigenvalue weighted by Gasteiger charge is -2.35. The standard InChI is InChI=1S/C37H49N7O6/c1-25-35(50-24-38-25)23-49-33-6-4-29-21-41(11-8-28(29)18-33)22-32(47)5-7-34(48)30-19-36(39-31-9-12-42(13-10-31)26(2)45)40-37(20-30)44-16-14-43(15-17-44)27(3)46/h4,6,18-20,24,31-32,47H,5,7-17,21-23H2,1-3H3,(H,39,40)/t32-/m0/s1. The SMILES string of the molecule is CC(=O)N1CCC(Nc2cc(C(=O)CC[C@H](O)CN3CCc4cc(OCc5ocnc5C)ccc4C3)cc(N3CCN(C(C)=O)CC3)n2)CC1. The van der Waals surface area contributed by atoms with Crippen LogP contribution in [0, 0.1) is 6.92 Å². The summed E-state index contributed by atoms with van der Waals surface area (Å²) < 4.78 is 11.3. The molecule has 3 aromatic rings. The molecule has 1 atom stereocenters. The van der Waals surface area contributed by atoms with Crippen molar-refractivity contribution in [3.05, 3.63) is 64.9 Å². The lowest BCUT2D eigenvalue weighted by Crippen LogP contribution is -2.48. The molecule has 0 bridgehead atoms. The van der Waals surface area contributed by atoms with Crippen LogP contribution < -0.4 is 15.0 Å². The minimum atomic E-state index is -0.640. The number of oxazole rings is 1. The molecule has 0 aliphatic carbocycles. The van der Waals surface area contributed by atoms with Gasteiger partial charge < -0.3 is 34.3 Å². The van der Waals surface area contributed by atoms with E-state index in [1.165, 1.54) is 17.5 Å². The van der Waals surface area contributed by atoms with E-state index in [0.717, 1.165) is 49.6 Å². The number of nitrogens with zero attached hydrogens (tertiary/aromatic N) is 6. The van der Waals surface area contributed by atoms with Crippen molar-refractivity contribution in [1.82, 2.24) is 24.7 Å². The zero-order valence-electron chi connectivity index (χ0n) is 29.4. The quantitative estimate of drug-likeness (QED) is 0.270. The average Bonchev–Trinajstić information content (AvgIpc) is 3.53. The smallest absolute Gasteiger partial charge is 0.219 e. The zero-order valence-corrected chi connectivity index (χ0v) is 29.4. The second-order valence-electron chi connectivity index (χ2n) is 13.7. The van der Waals surface area contributed by atoms with Crippen LogP contribution in [0.4, 0.5) is 11.6 Å². The Balaban J connectivity index is 1.04. The van der Waals surface area contributed by atoms with Crippen LogP contribution in [0.5, 0.6) is 5.75 Å². The first-order chi connectivity index (χ1) is 24.1. The number of hydrogen-bond acceptors (Lipinski definition) is 11. The van der Waals surface area contributed by atoms with Gasteiger partial charge >= 0.3 is 0 Å². The maximum absolute atomic E-state index is 13.6. The molecule has 2 aromatic heterocycles. The van der Waals surface area contributed by atoms with Gasteiger partial charge in [-0.15, -0.1) is 0 Å². The Hall–Kier alpha value is -4.49. The molecule has 2 fully saturated rings. The second-order valence-corrected chi connectivity index (χ2v) is 13.7. The number of aromatic nitrogens is 2. The van der Waals surface area contributed by atoms with Gasteiger partial charge in [-0.3, -0.25) is 19.3 Å². The number of ether oxygens (including phenoxy) is 1. The molecule has 3 aliphatic rings. The molecule has 2 N–H and O–H groups in total. The van der Waals surface area contributed by atoms with E-state index in [4.69, 9.17) is 14.1 Å². The molecule has 2 amide bonds. The number of likely N-dealkylation sites (tertiary alicyclic amines) is 1. The van der Waals surface area contributed by atoms with Crippen LogP contribution in [0.2, 0.25) is 0 Å². The zero-order chi connectivity index (χ0) is 35.2. The number of pyridine rings is 1. The third-order valence-electron chi connectivity index (χ3n) is 10.1. The number of nitrogens with one attached hydrogen (secondary N) is 1. The topological polar surface area (TPSA) is 145 Å². The van der Waals surface area contributed by atoms with Crippen LogP contribution in [0.15, 0.2) is 41.1 Å². The molecule has 1 aromatic carbocycles. The van der Waals surface area contributed by atoms with Gasteiger partial charge in [0.05, 0.1) is 11.8 Å². The summed E-state index contributed by atoms with van der Waals surface area (Å²) in [6.45, 7) is 11.3. The summed E-state index contributed by atoms with van der Waals surface area (Å²) in [7, 11) is 0. The molecular weight excluding hydrogens is 638 g/mol. The predicted octanol–water partition coefficient (Wildman–Crippen LogP) is 3.43. The average molecular weight is 688 g/mol. The van der Waals surface area contributed by atoms with Gasteiger partial charge in [0.2, 0.25) is 11.8 Å². The molecule has 0 unspecified atom stereocenters. The van der Waals surface area contributed by atoms with Crippen molar-refractivity contribution in [2.45, 2.75) is 78.2 Å². The van der Waals surface area contributed by atoms with E-state index in [9.17, 15) is 19.5 Å². The molecular formula is C37H49N7O6. The van der Waals surface area contributed by atoms with Gasteiger partial charge in [0.1, 0.15) is 24.0 Å². The summed E-state index contributed by atoms with van der Waals surface area (Å²) in [6, 6.07) is 9.93. The number of Topliss-reactive ketones (excluding diaryl/α,β-unsaturated/α-hetero) is 1. The molecule has 50 heavy (non-hydrogen) atoms. The van der Waals surface area contributed by atoms with Crippen molar-refractivity contribution < 1.29 is 28.6 Å². The lowest BCUT2D eigenvalue weighted by atomic mass is 9.98. The molecule has 6 rings (SSSR count). The fourth-order valence-corrected chi connectivity index (χ4v) is 6.99. The van der Waals surface area contributed by atoms with Crippen LogP contribution in [-0.4, -0.2) is 112 Å². The Morgan fingerprint density at radius 3 is 2.42 bits per heavy atom. The largest absolute Gasteiger partial charge is 0.486 e. The third-order valence-corrected chi connectivity index (χ3v) is 10.1. The molecule has 3 aliphatic heterocycles.